The zero-order chi connectivity index (χ0) is 11.2. The van der Waals surface area contributed by atoms with Gasteiger partial charge >= 0.3 is 6.18 Å². The van der Waals surface area contributed by atoms with E-state index in [1.54, 1.807) is 0 Å². The average Bonchev–Trinajstić information content (AvgIpc) is 1.98. The summed E-state index contributed by atoms with van der Waals surface area (Å²) >= 11 is 1.47. The summed E-state index contributed by atoms with van der Waals surface area (Å²) < 4.78 is 35.1. The van der Waals surface area contributed by atoms with E-state index in [2.05, 4.69) is 0 Å². The number of alkyl halides is 3. The van der Waals surface area contributed by atoms with Crippen molar-refractivity contribution in [2.24, 2.45) is 0 Å². The first-order valence-corrected chi connectivity index (χ1v) is 5.56. The minimum absolute atomic E-state index is 0.0409. The van der Waals surface area contributed by atoms with Crippen LogP contribution in [0.15, 0.2) is 0 Å². The molecule has 5 heteroatoms. The molecule has 0 saturated heterocycles. The van der Waals surface area contributed by atoms with E-state index in [1.807, 2.05) is 13.8 Å². The van der Waals surface area contributed by atoms with Crippen LogP contribution in [0, 0.1) is 0 Å². The highest BCUT2D eigenvalue weighted by atomic mass is 32.2. The van der Waals surface area contributed by atoms with Gasteiger partial charge in [0.2, 0.25) is 0 Å². The van der Waals surface area contributed by atoms with Crippen LogP contribution in [-0.2, 0) is 4.79 Å². The van der Waals surface area contributed by atoms with E-state index >= 15 is 0 Å². The Morgan fingerprint density at radius 3 is 2.36 bits per heavy atom. The van der Waals surface area contributed by atoms with E-state index in [1.165, 1.54) is 11.8 Å². The molecule has 0 aromatic carbocycles. The second-order valence-corrected chi connectivity index (χ2v) is 4.93. The number of ketones is 1. The van der Waals surface area contributed by atoms with E-state index in [-0.39, 0.29) is 18.6 Å². The van der Waals surface area contributed by atoms with Crippen LogP contribution >= 0.6 is 11.8 Å². The fourth-order valence-corrected chi connectivity index (χ4v) is 1.48. The van der Waals surface area contributed by atoms with Gasteiger partial charge in [-0.15, -0.1) is 0 Å². The highest BCUT2D eigenvalue weighted by Gasteiger charge is 2.26. The van der Waals surface area contributed by atoms with Gasteiger partial charge in [0, 0.05) is 12.8 Å². The van der Waals surface area contributed by atoms with Crippen molar-refractivity contribution in [1.29, 1.82) is 0 Å². The molecule has 0 bridgehead atoms. The van der Waals surface area contributed by atoms with Crippen LogP contribution in [0.3, 0.4) is 0 Å². The molecule has 0 aromatic heterocycles. The van der Waals surface area contributed by atoms with Crippen LogP contribution in [0.4, 0.5) is 13.2 Å². The molecular formula is C9H15F3OS. The summed E-state index contributed by atoms with van der Waals surface area (Å²) in [5.41, 5.74) is 0. The van der Waals surface area contributed by atoms with Crippen molar-refractivity contribution in [3.8, 4) is 0 Å². The third kappa shape index (κ3) is 9.89. The predicted octanol–water partition coefficient (Wildman–Crippen LogP) is 3.43. The zero-order valence-electron chi connectivity index (χ0n) is 8.36. The Bertz CT molecular complexity index is 177. The number of Topliss-reactive ketones (excluding diaryl/α,β-unsaturated/α-hetero) is 1. The van der Waals surface area contributed by atoms with E-state index < -0.39 is 12.6 Å². The SMILES string of the molecule is CC(C)SCC(=O)CCCC(F)(F)F. The maximum atomic E-state index is 11.7. The van der Waals surface area contributed by atoms with Crippen LogP contribution in [-0.4, -0.2) is 23.0 Å². The maximum absolute atomic E-state index is 11.7. The molecule has 0 spiro atoms. The van der Waals surface area contributed by atoms with Crippen LogP contribution in [0.25, 0.3) is 0 Å². The molecule has 0 rings (SSSR count). The second kappa shape index (κ2) is 6.32. The summed E-state index contributed by atoms with van der Waals surface area (Å²) in [4.78, 5) is 11.0. The lowest BCUT2D eigenvalue weighted by Crippen LogP contribution is -2.10. The Balaban J connectivity index is 3.46. The van der Waals surface area contributed by atoms with E-state index in [0.29, 0.717) is 11.0 Å². The monoisotopic (exact) mass is 228 g/mol. The number of thioether (sulfide) groups is 1. The van der Waals surface area contributed by atoms with Crippen molar-refractivity contribution >= 4 is 17.5 Å². The summed E-state index contributed by atoms with van der Waals surface area (Å²) in [6.45, 7) is 3.90. The Kier molecular flexibility index (Phi) is 6.24. The molecule has 0 fully saturated rings. The van der Waals surface area contributed by atoms with Crippen LogP contribution in [0.2, 0.25) is 0 Å². The maximum Gasteiger partial charge on any atom is 0.389 e. The molecule has 0 N–H and O–H groups in total. The molecule has 0 unspecified atom stereocenters. The van der Waals surface area contributed by atoms with Gasteiger partial charge < -0.3 is 0 Å². The van der Waals surface area contributed by atoms with Crippen LogP contribution in [0.1, 0.15) is 33.1 Å². The Labute approximate surface area is 86.4 Å². The van der Waals surface area contributed by atoms with Crippen molar-refractivity contribution in [1.82, 2.24) is 0 Å². The van der Waals surface area contributed by atoms with Gasteiger partial charge in [0.1, 0.15) is 5.78 Å². The van der Waals surface area contributed by atoms with Gasteiger partial charge in [-0.05, 0) is 11.7 Å². The number of hydrogen-bond donors (Lipinski definition) is 0. The Hall–Kier alpha value is -0.190. The van der Waals surface area contributed by atoms with E-state index in [9.17, 15) is 18.0 Å². The standard InChI is InChI=1S/C9H15F3OS/c1-7(2)14-6-8(13)4-3-5-9(10,11)12/h7H,3-6H2,1-2H3. The fourth-order valence-electron chi connectivity index (χ4n) is 0.818. The number of hydrogen-bond acceptors (Lipinski definition) is 2. The summed E-state index contributed by atoms with van der Waals surface area (Å²) in [6, 6.07) is 0. The first-order valence-electron chi connectivity index (χ1n) is 4.51. The zero-order valence-corrected chi connectivity index (χ0v) is 9.17. The minimum atomic E-state index is -4.13. The largest absolute Gasteiger partial charge is 0.389 e. The lowest BCUT2D eigenvalue weighted by atomic mass is 10.2. The number of carbonyl (C=O) groups is 1. The Morgan fingerprint density at radius 1 is 1.36 bits per heavy atom. The normalized spacial score (nSPS) is 12.1. The van der Waals surface area contributed by atoms with Crippen molar-refractivity contribution in [2.75, 3.05) is 5.75 Å². The summed E-state index contributed by atoms with van der Waals surface area (Å²) in [5, 5.41) is 0.349. The highest BCUT2D eigenvalue weighted by molar-refractivity contribution is 8.00. The van der Waals surface area contributed by atoms with Crippen LogP contribution in [0.5, 0.6) is 0 Å². The molecule has 1 nitrogen and oxygen atoms in total. The van der Waals surface area contributed by atoms with Gasteiger partial charge in [-0.2, -0.15) is 24.9 Å². The number of rotatable bonds is 6. The quantitative estimate of drug-likeness (QED) is 0.692. The van der Waals surface area contributed by atoms with Gasteiger partial charge in [-0.1, -0.05) is 13.8 Å². The number of carbonyl (C=O) groups excluding carboxylic acids is 1. The molecule has 0 radical (unpaired) electrons. The molecule has 0 heterocycles. The fraction of sp³-hybridized carbons (Fsp3) is 0.889. The third-order valence-corrected chi connectivity index (χ3v) is 2.65. The molecule has 0 atom stereocenters. The average molecular weight is 228 g/mol. The third-order valence-electron chi connectivity index (χ3n) is 1.49. The summed E-state index contributed by atoms with van der Waals surface area (Å²) in [5.74, 6) is 0.239. The summed E-state index contributed by atoms with van der Waals surface area (Å²) in [7, 11) is 0. The van der Waals surface area contributed by atoms with Gasteiger partial charge in [0.05, 0.1) is 5.75 Å². The van der Waals surface area contributed by atoms with Gasteiger partial charge in [0.25, 0.3) is 0 Å². The van der Waals surface area contributed by atoms with Crippen LogP contribution < -0.4 is 0 Å². The molecule has 0 aliphatic rings. The first kappa shape index (κ1) is 13.8. The van der Waals surface area contributed by atoms with Crippen molar-refractivity contribution in [3.63, 3.8) is 0 Å². The lowest BCUT2D eigenvalue weighted by Gasteiger charge is -2.06. The molecular weight excluding hydrogens is 213 g/mol. The van der Waals surface area contributed by atoms with Gasteiger partial charge in [-0.3, -0.25) is 4.79 Å². The topological polar surface area (TPSA) is 17.1 Å². The van der Waals surface area contributed by atoms with Crippen molar-refractivity contribution in [2.45, 2.75) is 44.5 Å². The minimum Gasteiger partial charge on any atom is -0.299 e. The lowest BCUT2D eigenvalue weighted by molar-refractivity contribution is -0.136. The van der Waals surface area contributed by atoms with Gasteiger partial charge in [-0.25, -0.2) is 0 Å². The molecule has 84 valence electrons. The van der Waals surface area contributed by atoms with E-state index in [0.717, 1.165) is 0 Å². The van der Waals surface area contributed by atoms with Gasteiger partial charge in [0.15, 0.2) is 0 Å². The molecule has 0 aliphatic heterocycles. The molecule has 14 heavy (non-hydrogen) atoms. The molecule has 0 aromatic rings. The van der Waals surface area contributed by atoms with Crippen molar-refractivity contribution in [3.05, 3.63) is 0 Å². The smallest absolute Gasteiger partial charge is 0.299 e. The van der Waals surface area contributed by atoms with E-state index in [4.69, 9.17) is 0 Å². The highest BCUT2D eigenvalue weighted by Crippen LogP contribution is 2.22. The molecule has 0 amide bonds. The Morgan fingerprint density at radius 2 is 1.93 bits per heavy atom. The number of halogens is 3. The second-order valence-electron chi connectivity index (χ2n) is 3.37. The van der Waals surface area contributed by atoms with Crippen molar-refractivity contribution < 1.29 is 18.0 Å². The molecule has 0 aliphatic carbocycles. The summed E-state index contributed by atoms with van der Waals surface area (Å²) in [6.07, 6.45) is -5.03. The molecule has 0 saturated carbocycles. The predicted molar refractivity (Wildman–Crippen MR) is 52.5 cm³/mol. The first-order chi connectivity index (χ1) is 6.31.